The number of aliphatic hydroxyl groups excluding tert-OH is 2. The van der Waals surface area contributed by atoms with Crippen molar-refractivity contribution in [2.75, 3.05) is 20.1 Å². The molecule has 2 fully saturated rings. The molecule has 6 rings (SSSR count). The van der Waals surface area contributed by atoms with Gasteiger partial charge in [0.1, 0.15) is 6.04 Å². The molecule has 2 heterocycles. The Morgan fingerprint density at radius 2 is 1.60 bits per heavy atom. The maximum Gasteiger partial charge on any atom is 0.471 e. The van der Waals surface area contributed by atoms with E-state index in [0.29, 0.717) is 17.9 Å². The maximum absolute atomic E-state index is 13.1. The lowest BCUT2D eigenvalue weighted by atomic mass is 9.89. The molecule has 12 heteroatoms. The summed E-state index contributed by atoms with van der Waals surface area (Å²) in [6.07, 6.45) is -6.47. The van der Waals surface area contributed by atoms with Gasteiger partial charge in [0.2, 0.25) is 5.91 Å². The summed E-state index contributed by atoms with van der Waals surface area (Å²) in [4.78, 5) is 27.4. The van der Waals surface area contributed by atoms with Gasteiger partial charge in [-0.05, 0) is 66.3 Å². The third kappa shape index (κ3) is 9.45. The number of amides is 2. The molecular weight excluding hydrogens is 711 g/mol. The molecule has 2 saturated heterocycles. The lowest BCUT2D eigenvalue weighted by Crippen LogP contribution is -2.50. The number of rotatable bonds is 12. The van der Waals surface area contributed by atoms with Crippen LogP contribution in [0, 0.1) is 5.92 Å². The summed E-state index contributed by atoms with van der Waals surface area (Å²) in [5, 5.41) is 23.5. The Labute approximate surface area is 319 Å². The van der Waals surface area contributed by atoms with Crippen molar-refractivity contribution in [1.29, 1.82) is 0 Å². The first kappa shape index (κ1) is 40.1. The quantitative estimate of drug-likeness (QED) is 0.145. The van der Waals surface area contributed by atoms with Crippen molar-refractivity contribution < 1.29 is 42.4 Å². The summed E-state index contributed by atoms with van der Waals surface area (Å²) < 4.78 is 52.5. The van der Waals surface area contributed by atoms with Crippen molar-refractivity contribution in [2.45, 2.75) is 82.7 Å². The average molecular weight is 760 g/mol. The molecular formula is C43H48F3N3O6. The Morgan fingerprint density at radius 1 is 0.909 bits per heavy atom. The molecule has 0 unspecified atom stereocenters. The van der Waals surface area contributed by atoms with Crippen LogP contribution < -0.4 is 5.32 Å². The van der Waals surface area contributed by atoms with E-state index in [-0.39, 0.29) is 50.3 Å². The van der Waals surface area contributed by atoms with Crippen molar-refractivity contribution in [3.63, 3.8) is 0 Å². The number of likely N-dealkylation sites (N-methyl/N-ethyl adjacent to an activating group) is 1. The number of hydrogen-bond acceptors (Lipinski definition) is 7. The molecule has 2 amide bonds. The standard InChI is InChI=1S/C43H48F3N3O6/c1-27-37(25-48(3)28(2)38(51)32-10-5-4-6-11-32)54-41(55-39(27)33-16-14-29(26-50)15-17-33)34-20-18-31(19-21-34)35-12-7-9-30(23-35)24-47-40(52)36-13-8-22-49(36)42(53)43(44,45)46/h4-7,9-12,14-21,23,27-28,36-39,41,50-51H,8,13,22,24-26H2,1-3H3,(H,47,52)/t27-,28-,36+,37+,38-,39+,41+/m1/s1. The summed E-state index contributed by atoms with van der Waals surface area (Å²) in [5.41, 5.74) is 5.96. The Bertz CT molecular complexity index is 1890. The molecule has 0 spiro atoms. The van der Waals surface area contributed by atoms with E-state index in [9.17, 15) is 33.0 Å². The molecule has 3 N–H and O–H groups in total. The van der Waals surface area contributed by atoms with E-state index in [1.165, 1.54) is 0 Å². The number of carbonyl (C=O) groups excluding carboxylic acids is 2. The minimum atomic E-state index is -5.03. The van der Waals surface area contributed by atoms with Gasteiger partial charge in [-0.15, -0.1) is 0 Å². The number of likely N-dealkylation sites (tertiary alicyclic amines) is 1. The van der Waals surface area contributed by atoms with Crippen LogP contribution in [0.3, 0.4) is 0 Å². The predicted molar refractivity (Wildman–Crippen MR) is 201 cm³/mol. The number of benzene rings is 4. The lowest BCUT2D eigenvalue weighted by molar-refractivity contribution is -0.276. The zero-order valence-electron chi connectivity index (χ0n) is 31.2. The maximum atomic E-state index is 13.1. The van der Waals surface area contributed by atoms with Gasteiger partial charge in [0.25, 0.3) is 0 Å². The van der Waals surface area contributed by atoms with Gasteiger partial charge in [0.05, 0.1) is 24.9 Å². The number of nitrogens with one attached hydrogen (secondary N) is 1. The molecule has 0 aliphatic carbocycles. The third-order valence-corrected chi connectivity index (χ3v) is 10.9. The van der Waals surface area contributed by atoms with Gasteiger partial charge in [0, 0.05) is 37.2 Å². The molecule has 0 radical (unpaired) electrons. The highest BCUT2D eigenvalue weighted by Gasteiger charge is 2.47. The van der Waals surface area contributed by atoms with Crippen LogP contribution in [0.5, 0.6) is 0 Å². The summed E-state index contributed by atoms with van der Waals surface area (Å²) >= 11 is 0. The van der Waals surface area contributed by atoms with E-state index >= 15 is 0 Å². The van der Waals surface area contributed by atoms with E-state index in [0.717, 1.165) is 38.9 Å². The van der Waals surface area contributed by atoms with Crippen molar-refractivity contribution in [3.05, 3.63) is 131 Å². The van der Waals surface area contributed by atoms with Crippen LogP contribution in [0.1, 0.15) is 73.0 Å². The second-order valence-corrected chi connectivity index (χ2v) is 14.6. The average Bonchev–Trinajstić information content (AvgIpc) is 3.70. The summed E-state index contributed by atoms with van der Waals surface area (Å²) in [6.45, 7) is 4.56. The predicted octanol–water partition coefficient (Wildman–Crippen LogP) is 6.86. The molecule has 2 aliphatic rings. The van der Waals surface area contributed by atoms with E-state index in [1.807, 2.05) is 117 Å². The van der Waals surface area contributed by atoms with Crippen LogP contribution in [0.25, 0.3) is 11.1 Å². The Hall–Kier alpha value is -4.59. The summed E-state index contributed by atoms with van der Waals surface area (Å²) in [6, 6.07) is 31.3. The summed E-state index contributed by atoms with van der Waals surface area (Å²) in [5.74, 6) is -2.65. The van der Waals surface area contributed by atoms with E-state index in [2.05, 4.69) is 17.1 Å². The van der Waals surface area contributed by atoms with Gasteiger partial charge in [-0.2, -0.15) is 13.2 Å². The first-order valence-electron chi connectivity index (χ1n) is 18.6. The number of nitrogens with zero attached hydrogens (tertiary/aromatic N) is 2. The lowest BCUT2D eigenvalue weighted by Gasteiger charge is -2.43. The third-order valence-electron chi connectivity index (χ3n) is 10.9. The van der Waals surface area contributed by atoms with Gasteiger partial charge >= 0.3 is 12.1 Å². The first-order chi connectivity index (χ1) is 26.3. The van der Waals surface area contributed by atoms with Gasteiger partial charge in [-0.25, -0.2) is 0 Å². The van der Waals surface area contributed by atoms with Gasteiger partial charge in [-0.3, -0.25) is 14.5 Å². The topological polar surface area (TPSA) is 112 Å². The van der Waals surface area contributed by atoms with Crippen LogP contribution in [0.15, 0.2) is 103 Å². The van der Waals surface area contributed by atoms with Gasteiger partial charge < -0.3 is 29.9 Å². The highest BCUT2D eigenvalue weighted by molar-refractivity contribution is 5.90. The minimum Gasteiger partial charge on any atom is -0.392 e. The minimum absolute atomic E-state index is 0.0517. The molecule has 0 aromatic heterocycles. The van der Waals surface area contributed by atoms with E-state index in [4.69, 9.17) is 9.47 Å². The molecule has 9 nitrogen and oxygen atoms in total. The fourth-order valence-electron chi connectivity index (χ4n) is 7.39. The smallest absolute Gasteiger partial charge is 0.392 e. The van der Waals surface area contributed by atoms with Crippen LogP contribution in [-0.2, 0) is 32.2 Å². The van der Waals surface area contributed by atoms with Crippen molar-refractivity contribution in [2.24, 2.45) is 5.92 Å². The van der Waals surface area contributed by atoms with E-state index in [1.54, 1.807) is 0 Å². The SMILES string of the molecule is C[C@@H]1[C@H](CN(C)[C@H](C)[C@@H](O)c2ccccc2)O[C@H](c2ccc(-c3cccc(CNC(=O)[C@@H]4CCCN4C(=O)C(F)(F)F)c3)cc2)O[C@@H]1c1ccc(CO)cc1. The van der Waals surface area contributed by atoms with Crippen LogP contribution >= 0.6 is 0 Å². The van der Waals surface area contributed by atoms with Crippen LogP contribution in [0.4, 0.5) is 13.2 Å². The van der Waals surface area contributed by atoms with Crippen molar-refractivity contribution in [1.82, 2.24) is 15.1 Å². The second kappa shape index (κ2) is 17.5. The second-order valence-electron chi connectivity index (χ2n) is 14.6. The number of aliphatic hydroxyl groups is 2. The number of hydrogen-bond donors (Lipinski definition) is 3. The molecule has 55 heavy (non-hydrogen) atoms. The van der Waals surface area contributed by atoms with Crippen molar-refractivity contribution in [3.8, 4) is 11.1 Å². The zero-order valence-corrected chi connectivity index (χ0v) is 31.2. The summed E-state index contributed by atoms with van der Waals surface area (Å²) in [7, 11) is 1.98. The fourth-order valence-corrected chi connectivity index (χ4v) is 7.39. The molecule has 4 aromatic carbocycles. The molecule has 7 atom stereocenters. The molecule has 0 saturated carbocycles. The van der Waals surface area contributed by atoms with Gasteiger partial charge in [0.15, 0.2) is 6.29 Å². The molecule has 2 aliphatic heterocycles. The van der Waals surface area contributed by atoms with Crippen LogP contribution in [-0.4, -0.2) is 76.3 Å². The van der Waals surface area contributed by atoms with Gasteiger partial charge in [-0.1, -0.05) is 104 Å². The fraction of sp³-hybridized carbons (Fsp3) is 0.395. The number of halogens is 3. The monoisotopic (exact) mass is 759 g/mol. The zero-order chi connectivity index (χ0) is 39.3. The number of alkyl halides is 3. The number of ether oxygens (including phenoxy) is 2. The van der Waals surface area contributed by atoms with E-state index < -0.39 is 36.4 Å². The van der Waals surface area contributed by atoms with Crippen molar-refractivity contribution >= 4 is 11.8 Å². The highest BCUT2D eigenvalue weighted by Crippen LogP contribution is 2.42. The molecule has 0 bridgehead atoms. The molecule has 292 valence electrons. The molecule has 4 aromatic rings. The van der Waals surface area contributed by atoms with Crippen LogP contribution in [0.2, 0.25) is 0 Å². The number of carbonyl (C=O) groups is 2. The Balaban J connectivity index is 1.16. The normalized spacial score (nSPS) is 22.7. The Kier molecular flexibility index (Phi) is 12.7. The largest absolute Gasteiger partial charge is 0.471 e. The first-order valence-corrected chi connectivity index (χ1v) is 18.6. The highest BCUT2D eigenvalue weighted by atomic mass is 19.4. The Morgan fingerprint density at radius 3 is 2.27 bits per heavy atom.